The molecule has 0 saturated heterocycles. The highest BCUT2D eigenvalue weighted by atomic mass is 16.5. The van der Waals surface area contributed by atoms with Crippen molar-refractivity contribution in [3.05, 3.63) is 30.0 Å². The van der Waals surface area contributed by atoms with E-state index in [0.717, 1.165) is 5.39 Å². The van der Waals surface area contributed by atoms with Crippen molar-refractivity contribution in [3.8, 4) is 6.07 Å². The van der Waals surface area contributed by atoms with Crippen LogP contribution in [0.25, 0.3) is 11.0 Å². The Morgan fingerprint density at radius 3 is 2.95 bits per heavy atom. The number of amides is 1. The van der Waals surface area contributed by atoms with Crippen LogP contribution in [0.4, 0.5) is 5.69 Å². The number of nitrogens with two attached hydrogens (primary N) is 1. The summed E-state index contributed by atoms with van der Waals surface area (Å²) in [4.78, 5) is 14.0. The van der Waals surface area contributed by atoms with Crippen molar-refractivity contribution in [2.75, 3.05) is 32.5 Å². The molecule has 1 aromatic heterocycles. The first-order chi connectivity index (χ1) is 10.2. The molecule has 1 heterocycles. The number of nitriles is 1. The molecule has 0 spiro atoms. The largest absolute Gasteiger partial charge is 0.451 e. The standard InChI is InChI=1S/C15H17N3O3/c1-20-8-7-18(6-2-5-16)15(19)14-10-11-9-12(17)3-4-13(11)21-14/h3-4,9-10H,2,6-8,17H2,1H3. The number of nitrogens with zero attached hydrogens (tertiary/aromatic N) is 2. The van der Waals surface area contributed by atoms with Gasteiger partial charge in [-0.05, 0) is 24.3 Å². The lowest BCUT2D eigenvalue weighted by molar-refractivity contribution is 0.0671. The van der Waals surface area contributed by atoms with E-state index in [1.54, 1.807) is 36.3 Å². The fourth-order valence-electron chi connectivity index (χ4n) is 2.02. The molecular formula is C15H17N3O3. The molecule has 0 radical (unpaired) electrons. The van der Waals surface area contributed by atoms with Crippen LogP contribution in [0.2, 0.25) is 0 Å². The van der Waals surface area contributed by atoms with Gasteiger partial charge in [0.25, 0.3) is 5.91 Å². The molecule has 2 rings (SSSR count). The predicted molar refractivity (Wildman–Crippen MR) is 78.6 cm³/mol. The van der Waals surface area contributed by atoms with Gasteiger partial charge in [0.2, 0.25) is 0 Å². The van der Waals surface area contributed by atoms with Crippen LogP contribution in [0.1, 0.15) is 17.0 Å². The van der Waals surface area contributed by atoms with Gasteiger partial charge in [0.05, 0.1) is 19.1 Å². The Morgan fingerprint density at radius 1 is 1.43 bits per heavy atom. The highest BCUT2D eigenvalue weighted by Crippen LogP contribution is 2.22. The number of fused-ring (bicyclic) bond motifs is 1. The van der Waals surface area contributed by atoms with Crippen LogP contribution in [0, 0.1) is 11.3 Å². The molecule has 110 valence electrons. The van der Waals surface area contributed by atoms with Crippen molar-refractivity contribution in [2.45, 2.75) is 6.42 Å². The van der Waals surface area contributed by atoms with Crippen molar-refractivity contribution in [1.82, 2.24) is 4.90 Å². The highest BCUT2D eigenvalue weighted by molar-refractivity contribution is 5.96. The Labute approximate surface area is 122 Å². The second kappa shape index (κ2) is 6.77. The van der Waals surface area contributed by atoms with E-state index in [1.807, 2.05) is 6.07 Å². The van der Waals surface area contributed by atoms with E-state index < -0.39 is 0 Å². The molecule has 6 nitrogen and oxygen atoms in total. The Hall–Kier alpha value is -2.52. The molecule has 1 aromatic carbocycles. The lowest BCUT2D eigenvalue weighted by Crippen LogP contribution is -2.34. The third-order valence-electron chi connectivity index (χ3n) is 3.10. The zero-order valence-electron chi connectivity index (χ0n) is 11.8. The minimum Gasteiger partial charge on any atom is -0.451 e. The summed E-state index contributed by atoms with van der Waals surface area (Å²) >= 11 is 0. The quantitative estimate of drug-likeness (QED) is 0.820. The van der Waals surface area contributed by atoms with Gasteiger partial charge in [-0.25, -0.2) is 0 Å². The van der Waals surface area contributed by atoms with E-state index in [0.29, 0.717) is 31.0 Å². The lowest BCUT2D eigenvalue weighted by atomic mass is 10.2. The van der Waals surface area contributed by atoms with E-state index in [4.69, 9.17) is 20.1 Å². The third-order valence-corrected chi connectivity index (χ3v) is 3.10. The molecule has 0 bridgehead atoms. The Kier molecular flexibility index (Phi) is 4.80. The van der Waals surface area contributed by atoms with Gasteiger partial charge in [-0.15, -0.1) is 0 Å². The molecule has 0 fully saturated rings. The number of hydrogen-bond donors (Lipinski definition) is 1. The van der Waals surface area contributed by atoms with Crippen LogP contribution in [0.5, 0.6) is 0 Å². The van der Waals surface area contributed by atoms with Crippen LogP contribution in [-0.2, 0) is 4.74 Å². The second-order valence-electron chi connectivity index (χ2n) is 4.60. The molecule has 21 heavy (non-hydrogen) atoms. The van der Waals surface area contributed by atoms with E-state index in [-0.39, 0.29) is 18.1 Å². The number of carbonyl (C=O) groups excluding carboxylic acids is 1. The average Bonchev–Trinajstić information content (AvgIpc) is 2.89. The summed E-state index contributed by atoms with van der Waals surface area (Å²) in [7, 11) is 1.57. The van der Waals surface area contributed by atoms with Gasteiger partial charge in [-0.3, -0.25) is 4.79 Å². The number of ether oxygens (including phenoxy) is 1. The van der Waals surface area contributed by atoms with Gasteiger partial charge in [-0.1, -0.05) is 0 Å². The lowest BCUT2D eigenvalue weighted by Gasteiger charge is -2.19. The molecule has 2 N–H and O–H groups in total. The first-order valence-corrected chi connectivity index (χ1v) is 6.60. The zero-order valence-corrected chi connectivity index (χ0v) is 11.8. The first-order valence-electron chi connectivity index (χ1n) is 6.60. The number of furan rings is 1. The van der Waals surface area contributed by atoms with Gasteiger partial charge in [0.15, 0.2) is 5.76 Å². The molecule has 0 saturated carbocycles. The summed E-state index contributed by atoms with van der Waals surface area (Å²) in [6, 6.07) is 8.91. The fraction of sp³-hybridized carbons (Fsp3) is 0.333. The van der Waals surface area contributed by atoms with Crippen molar-refractivity contribution >= 4 is 22.6 Å². The molecule has 0 aliphatic rings. The molecule has 0 aliphatic heterocycles. The molecule has 0 atom stereocenters. The maximum absolute atomic E-state index is 12.4. The third kappa shape index (κ3) is 3.52. The van der Waals surface area contributed by atoms with Crippen molar-refractivity contribution in [2.24, 2.45) is 0 Å². The summed E-state index contributed by atoms with van der Waals surface area (Å²) in [5.74, 6) is -0.0123. The Balaban J connectivity index is 2.22. The van der Waals surface area contributed by atoms with Crippen molar-refractivity contribution in [1.29, 1.82) is 5.26 Å². The normalized spacial score (nSPS) is 10.5. The number of anilines is 1. The molecule has 1 amide bonds. The van der Waals surface area contributed by atoms with E-state index in [1.165, 1.54) is 0 Å². The summed E-state index contributed by atoms with van der Waals surface area (Å²) in [5.41, 5.74) is 6.94. The maximum Gasteiger partial charge on any atom is 0.289 e. The zero-order chi connectivity index (χ0) is 15.2. The number of methoxy groups -OCH3 is 1. The van der Waals surface area contributed by atoms with Crippen LogP contribution in [-0.4, -0.2) is 37.6 Å². The molecule has 0 aliphatic carbocycles. The maximum atomic E-state index is 12.4. The van der Waals surface area contributed by atoms with Gasteiger partial charge in [0, 0.05) is 31.3 Å². The predicted octanol–water partition coefficient (Wildman–Crippen LogP) is 2.02. The number of nitrogen functional groups attached to an aromatic ring is 1. The average molecular weight is 287 g/mol. The Morgan fingerprint density at radius 2 is 2.24 bits per heavy atom. The smallest absolute Gasteiger partial charge is 0.289 e. The Bertz CT molecular complexity index is 672. The fourth-order valence-corrected chi connectivity index (χ4v) is 2.02. The number of benzene rings is 1. The van der Waals surface area contributed by atoms with E-state index in [2.05, 4.69) is 0 Å². The van der Waals surface area contributed by atoms with Crippen LogP contribution >= 0.6 is 0 Å². The van der Waals surface area contributed by atoms with Gasteiger partial charge in [-0.2, -0.15) is 5.26 Å². The molecule has 6 heteroatoms. The van der Waals surface area contributed by atoms with Crippen LogP contribution < -0.4 is 5.73 Å². The number of hydrogen-bond acceptors (Lipinski definition) is 5. The minimum absolute atomic E-state index is 0.240. The van der Waals surface area contributed by atoms with E-state index >= 15 is 0 Å². The highest BCUT2D eigenvalue weighted by Gasteiger charge is 2.19. The molecular weight excluding hydrogens is 270 g/mol. The molecule has 2 aromatic rings. The summed E-state index contributed by atoms with van der Waals surface area (Å²) in [6.07, 6.45) is 0.266. The minimum atomic E-state index is -0.253. The number of carbonyl (C=O) groups is 1. The van der Waals surface area contributed by atoms with Crippen LogP contribution in [0.3, 0.4) is 0 Å². The SMILES string of the molecule is COCCN(CCC#N)C(=O)c1cc2cc(N)ccc2o1. The van der Waals surface area contributed by atoms with Crippen LogP contribution in [0.15, 0.2) is 28.7 Å². The topological polar surface area (TPSA) is 92.5 Å². The number of rotatable bonds is 6. The summed E-state index contributed by atoms with van der Waals surface area (Å²) in [6.45, 7) is 1.17. The molecule has 0 unspecified atom stereocenters. The van der Waals surface area contributed by atoms with Crippen molar-refractivity contribution < 1.29 is 13.9 Å². The summed E-state index contributed by atoms with van der Waals surface area (Å²) < 4.78 is 10.5. The van der Waals surface area contributed by atoms with Crippen molar-refractivity contribution in [3.63, 3.8) is 0 Å². The van der Waals surface area contributed by atoms with Gasteiger partial charge >= 0.3 is 0 Å². The second-order valence-corrected chi connectivity index (χ2v) is 4.60. The van der Waals surface area contributed by atoms with E-state index in [9.17, 15) is 4.79 Å². The summed E-state index contributed by atoms with van der Waals surface area (Å²) in [5, 5.41) is 9.46. The first kappa shape index (κ1) is 14.9. The van der Waals surface area contributed by atoms with Gasteiger partial charge in [0.1, 0.15) is 5.58 Å². The monoisotopic (exact) mass is 287 g/mol. The van der Waals surface area contributed by atoms with Gasteiger partial charge < -0.3 is 19.8 Å².